The third-order valence-electron chi connectivity index (χ3n) is 6.26. The molecule has 6 nitrogen and oxygen atoms in total. The van der Waals surface area contributed by atoms with E-state index in [0.29, 0.717) is 21.7 Å². The summed E-state index contributed by atoms with van der Waals surface area (Å²) in [6.45, 7) is 1.93. The number of rotatable bonds is 6. The van der Waals surface area contributed by atoms with Crippen molar-refractivity contribution in [2.45, 2.75) is 28.0 Å². The van der Waals surface area contributed by atoms with Crippen molar-refractivity contribution in [2.24, 2.45) is 0 Å². The molecule has 0 aliphatic carbocycles. The number of fused-ring (bicyclic) bond motifs is 2. The Labute approximate surface area is 225 Å². The van der Waals surface area contributed by atoms with E-state index in [9.17, 15) is 9.59 Å². The van der Waals surface area contributed by atoms with Crippen LogP contribution in [0.4, 0.5) is 5.13 Å². The molecule has 9 heteroatoms. The van der Waals surface area contributed by atoms with E-state index in [-0.39, 0.29) is 17.1 Å². The number of benzene rings is 3. The van der Waals surface area contributed by atoms with Gasteiger partial charge in [-0.15, -0.1) is 22.0 Å². The van der Waals surface area contributed by atoms with Crippen molar-refractivity contribution < 1.29 is 9.21 Å². The Morgan fingerprint density at radius 1 is 1.00 bits per heavy atom. The molecular formula is C28H21N3O3S3. The minimum Gasteiger partial charge on any atom is -0.450 e. The molecule has 0 saturated carbocycles. The SMILES string of the molecule is CSc1ccc(C2c3c(oc4ccc(C)cc4c3=O)C(=O)N2c2nnc(SCc3ccccc3)s2)cc1. The molecule has 5 aromatic rings. The first-order valence-electron chi connectivity index (χ1n) is 11.6. The number of carbonyl (C=O) groups excluding carboxylic acids is 1. The zero-order chi connectivity index (χ0) is 25.5. The van der Waals surface area contributed by atoms with E-state index in [1.807, 2.05) is 67.8 Å². The first kappa shape index (κ1) is 24.0. The van der Waals surface area contributed by atoms with Gasteiger partial charge in [0.1, 0.15) is 5.58 Å². The van der Waals surface area contributed by atoms with Gasteiger partial charge in [0.2, 0.25) is 10.9 Å². The van der Waals surface area contributed by atoms with Crippen molar-refractivity contribution in [3.05, 3.63) is 111 Å². The molecular weight excluding hydrogens is 523 g/mol. The van der Waals surface area contributed by atoms with Crippen LogP contribution >= 0.6 is 34.9 Å². The quantitative estimate of drug-likeness (QED) is 0.174. The Hall–Kier alpha value is -3.40. The van der Waals surface area contributed by atoms with Crippen LogP contribution in [0.15, 0.2) is 91.2 Å². The molecule has 3 aromatic carbocycles. The molecule has 0 fully saturated rings. The number of anilines is 1. The lowest BCUT2D eigenvalue weighted by atomic mass is 9.98. The number of nitrogens with zero attached hydrogens (tertiary/aromatic N) is 3. The molecule has 0 radical (unpaired) electrons. The normalized spacial score (nSPS) is 14.9. The second-order valence-corrected chi connectivity index (χ2v) is 11.7. The number of hydrogen-bond acceptors (Lipinski definition) is 8. The fourth-order valence-electron chi connectivity index (χ4n) is 4.46. The van der Waals surface area contributed by atoms with E-state index in [2.05, 4.69) is 22.3 Å². The topological polar surface area (TPSA) is 76.3 Å². The van der Waals surface area contributed by atoms with E-state index in [0.717, 1.165) is 26.1 Å². The van der Waals surface area contributed by atoms with Crippen LogP contribution < -0.4 is 10.3 Å². The maximum atomic E-state index is 13.8. The number of amides is 1. The molecule has 6 rings (SSSR count). The molecule has 3 heterocycles. The molecule has 1 amide bonds. The Balaban J connectivity index is 1.45. The van der Waals surface area contributed by atoms with Crippen LogP contribution in [-0.2, 0) is 5.75 Å². The zero-order valence-corrected chi connectivity index (χ0v) is 22.5. The van der Waals surface area contributed by atoms with Crippen molar-refractivity contribution in [3.8, 4) is 0 Å². The van der Waals surface area contributed by atoms with Gasteiger partial charge in [-0.2, -0.15) is 0 Å². The maximum absolute atomic E-state index is 13.8. The lowest BCUT2D eigenvalue weighted by molar-refractivity contribution is 0.0970. The Morgan fingerprint density at radius 3 is 2.54 bits per heavy atom. The fourth-order valence-corrected chi connectivity index (χ4v) is 6.69. The van der Waals surface area contributed by atoms with Gasteiger partial charge in [-0.3, -0.25) is 14.5 Å². The van der Waals surface area contributed by atoms with Gasteiger partial charge >= 0.3 is 0 Å². The van der Waals surface area contributed by atoms with Crippen molar-refractivity contribution in [1.82, 2.24) is 10.2 Å². The highest BCUT2D eigenvalue weighted by Crippen LogP contribution is 2.43. The smallest absolute Gasteiger partial charge is 0.297 e. The highest BCUT2D eigenvalue weighted by molar-refractivity contribution is 8.00. The van der Waals surface area contributed by atoms with Gasteiger partial charge in [0.05, 0.1) is 17.0 Å². The molecule has 0 N–H and O–H groups in total. The highest BCUT2D eigenvalue weighted by Gasteiger charge is 2.45. The lowest BCUT2D eigenvalue weighted by Crippen LogP contribution is -2.29. The number of thioether (sulfide) groups is 2. The Morgan fingerprint density at radius 2 is 1.78 bits per heavy atom. The van der Waals surface area contributed by atoms with Crippen LogP contribution in [0.1, 0.15) is 38.9 Å². The third-order valence-corrected chi connectivity index (χ3v) is 9.13. The van der Waals surface area contributed by atoms with Crippen molar-refractivity contribution in [1.29, 1.82) is 0 Å². The van der Waals surface area contributed by atoms with Crippen LogP contribution in [-0.4, -0.2) is 22.4 Å². The number of aryl methyl sites for hydroxylation is 1. The molecule has 1 aliphatic heterocycles. The molecule has 2 aromatic heterocycles. The summed E-state index contributed by atoms with van der Waals surface area (Å²) in [5.74, 6) is 0.423. The Kier molecular flexibility index (Phi) is 6.36. The molecule has 0 saturated heterocycles. The predicted octanol–water partition coefficient (Wildman–Crippen LogP) is 6.72. The zero-order valence-electron chi connectivity index (χ0n) is 20.0. The first-order chi connectivity index (χ1) is 18.0. The van der Waals surface area contributed by atoms with Gasteiger partial charge in [0.15, 0.2) is 9.77 Å². The Bertz CT molecular complexity index is 1680. The minimum atomic E-state index is -0.653. The average molecular weight is 544 g/mol. The van der Waals surface area contributed by atoms with Crippen molar-refractivity contribution >= 4 is 56.9 Å². The standard InChI is InChI=1S/C28H21N3O3S3/c1-16-8-13-21-20(14-16)24(32)22-23(18-9-11-19(35-2)12-10-18)31(26(33)25(22)34-21)27-29-30-28(37-27)36-15-17-6-4-3-5-7-17/h3-14,23H,15H2,1-2H3. The minimum absolute atomic E-state index is 0.0639. The maximum Gasteiger partial charge on any atom is 0.297 e. The van der Waals surface area contributed by atoms with Crippen molar-refractivity contribution in [2.75, 3.05) is 11.2 Å². The highest BCUT2D eigenvalue weighted by atomic mass is 32.2. The van der Waals surface area contributed by atoms with Gasteiger partial charge in [-0.25, -0.2) is 0 Å². The van der Waals surface area contributed by atoms with Gasteiger partial charge in [-0.05, 0) is 48.6 Å². The summed E-state index contributed by atoms with van der Waals surface area (Å²) in [6, 6.07) is 22.8. The number of carbonyl (C=O) groups is 1. The number of aromatic nitrogens is 2. The molecule has 1 aliphatic rings. The van der Waals surface area contributed by atoms with E-state index >= 15 is 0 Å². The third kappa shape index (κ3) is 4.37. The average Bonchev–Trinajstić information content (AvgIpc) is 3.51. The summed E-state index contributed by atoms with van der Waals surface area (Å²) in [5, 5.41) is 9.62. The summed E-state index contributed by atoms with van der Waals surface area (Å²) < 4.78 is 6.82. The van der Waals surface area contributed by atoms with E-state index < -0.39 is 6.04 Å². The monoisotopic (exact) mass is 543 g/mol. The predicted molar refractivity (Wildman–Crippen MR) is 150 cm³/mol. The lowest BCUT2D eigenvalue weighted by Gasteiger charge is -2.22. The molecule has 0 spiro atoms. The molecule has 1 atom stereocenters. The van der Waals surface area contributed by atoms with Crippen LogP contribution in [0.5, 0.6) is 0 Å². The second-order valence-electron chi connectivity index (χ2n) is 8.65. The van der Waals surface area contributed by atoms with Gasteiger partial charge in [0.25, 0.3) is 5.91 Å². The van der Waals surface area contributed by atoms with Crippen LogP contribution in [0.25, 0.3) is 11.0 Å². The summed E-state index contributed by atoms with van der Waals surface area (Å²) in [4.78, 5) is 30.2. The van der Waals surface area contributed by atoms with Gasteiger partial charge in [0, 0.05) is 10.6 Å². The van der Waals surface area contributed by atoms with Gasteiger partial charge < -0.3 is 4.42 Å². The van der Waals surface area contributed by atoms with Crippen LogP contribution in [0, 0.1) is 6.92 Å². The van der Waals surface area contributed by atoms with Crippen LogP contribution in [0.3, 0.4) is 0 Å². The molecule has 37 heavy (non-hydrogen) atoms. The molecule has 1 unspecified atom stereocenters. The summed E-state index contributed by atoms with van der Waals surface area (Å²) in [6.07, 6.45) is 2.01. The second kappa shape index (κ2) is 9.81. The van der Waals surface area contributed by atoms with E-state index in [1.165, 1.54) is 16.9 Å². The van der Waals surface area contributed by atoms with E-state index in [1.54, 1.807) is 34.5 Å². The van der Waals surface area contributed by atoms with Gasteiger partial charge in [-0.1, -0.05) is 77.2 Å². The number of hydrogen-bond donors (Lipinski definition) is 0. The van der Waals surface area contributed by atoms with Crippen molar-refractivity contribution in [3.63, 3.8) is 0 Å². The summed E-state index contributed by atoms with van der Waals surface area (Å²) >= 11 is 4.54. The van der Waals surface area contributed by atoms with E-state index in [4.69, 9.17) is 4.42 Å². The van der Waals surface area contributed by atoms with Crippen LogP contribution in [0.2, 0.25) is 0 Å². The molecule has 184 valence electrons. The molecule has 0 bridgehead atoms. The fraction of sp³-hybridized carbons (Fsp3) is 0.143. The summed E-state index contributed by atoms with van der Waals surface area (Å²) in [5.41, 5.74) is 3.49. The first-order valence-corrected chi connectivity index (χ1v) is 14.6. The largest absolute Gasteiger partial charge is 0.450 e. The summed E-state index contributed by atoms with van der Waals surface area (Å²) in [7, 11) is 0.